The number of nitrogens with zero attached hydrogens (tertiary/aromatic N) is 1. The Morgan fingerprint density at radius 2 is 1.49 bits per heavy atom. The molecule has 0 aliphatic heterocycles. The highest BCUT2D eigenvalue weighted by Gasteiger charge is 2.29. The van der Waals surface area contributed by atoms with Crippen LogP contribution in [0.5, 0.6) is 0 Å². The van der Waals surface area contributed by atoms with Crippen LogP contribution in [0.4, 0.5) is 10.5 Å². The maximum atomic E-state index is 12.5. The van der Waals surface area contributed by atoms with E-state index in [1.807, 2.05) is 24.3 Å². The standard InChI is InChI=1S/C28H28N2O5/c1-30(25-15-7-6-14-23(25)27(32)33)26(31)16-8-9-17-29-28(34)35-18-24-21-12-4-2-10-19(21)20-11-3-5-13-22(20)24/h2-7,10-15,24H,8-9,16-18H2,1H3,(H,29,34)(H,32,33). The first-order valence-electron chi connectivity index (χ1n) is 11.6. The number of unbranched alkanes of at least 4 members (excludes halogenated alkanes) is 1. The molecule has 0 bridgehead atoms. The van der Waals surface area contributed by atoms with Gasteiger partial charge < -0.3 is 20.1 Å². The van der Waals surface area contributed by atoms with Gasteiger partial charge in [0.2, 0.25) is 5.91 Å². The highest BCUT2D eigenvalue weighted by molar-refractivity contribution is 6.01. The van der Waals surface area contributed by atoms with Gasteiger partial charge in [0.1, 0.15) is 6.61 Å². The van der Waals surface area contributed by atoms with Gasteiger partial charge in [0.15, 0.2) is 0 Å². The van der Waals surface area contributed by atoms with Crippen LogP contribution in [-0.2, 0) is 9.53 Å². The van der Waals surface area contributed by atoms with Gasteiger partial charge in [0, 0.05) is 25.9 Å². The number of amides is 2. The normalized spacial score (nSPS) is 11.9. The average Bonchev–Trinajstić information content (AvgIpc) is 3.20. The summed E-state index contributed by atoms with van der Waals surface area (Å²) in [4.78, 5) is 37.5. The number of alkyl carbamates (subject to hydrolysis) is 1. The summed E-state index contributed by atoms with van der Waals surface area (Å²) < 4.78 is 5.52. The number of para-hydroxylation sites is 1. The van der Waals surface area contributed by atoms with E-state index in [1.54, 1.807) is 25.2 Å². The molecule has 2 amide bonds. The number of carbonyl (C=O) groups is 3. The van der Waals surface area contributed by atoms with Gasteiger partial charge in [0.25, 0.3) is 0 Å². The summed E-state index contributed by atoms with van der Waals surface area (Å²) in [6, 6.07) is 22.8. The van der Waals surface area contributed by atoms with Gasteiger partial charge in [-0.2, -0.15) is 0 Å². The van der Waals surface area contributed by atoms with Crippen LogP contribution in [-0.4, -0.2) is 43.3 Å². The molecule has 0 spiro atoms. The number of aromatic carboxylic acids is 1. The smallest absolute Gasteiger partial charge is 0.407 e. The highest BCUT2D eigenvalue weighted by atomic mass is 16.5. The van der Waals surface area contributed by atoms with Crippen molar-refractivity contribution in [3.63, 3.8) is 0 Å². The van der Waals surface area contributed by atoms with E-state index in [4.69, 9.17) is 4.74 Å². The van der Waals surface area contributed by atoms with Gasteiger partial charge >= 0.3 is 12.1 Å². The number of anilines is 1. The average molecular weight is 473 g/mol. The van der Waals surface area contributed by atoms with E-state index in [1.165, 1.54) is 22.1 Å². The lowest BCUT2D eigenvalue weighted by molar-refractivity contribution is -0.118. The lowest BCUT2D eigenvalue weighted by atomic mass is 9.98. The second-order valence-electron chi connectivity index (χ2n) is 8.48. The fourth-order valence-electron chi connectivity index (χ4n) is 4.49. The maximum Gasteiger partial charge on any atom is 0.407 e. The van der Waals surface area contributed by atoms with Crippen LogP contribution in [0.15, 0.2) is 72.8 Å². The van der Waals surface area contributed by atoms with Crippen molar-refractivity contribution in [2.24, 2.45) is 0 Å². The van der Waals surface area contributed by atoms with Crippen LogP contribution in [0.3, 0.4) is 0 Å². The predicted molar refractivity (Wildman–Crippen MR) is 134 cm³/mol. The van der Waals surface area contributed by atoms with E-state index >= 15 is 0 Å². The number of rotatable bonds is 9. The summed E-state index contributed by atoms with van der Waals surface area (Å²) in [5, 5.41) is 12.1. The zero-order valence-corrected chi connectivity index (χ0v) is 19.6. The minimum atomic E-state index is -1.08. The number of nitrogens with one attached hydrogen (secondary N) is 1. The van der Waals surface area contributed by atoms with Crippen molar-refractivity contribution in [3.05, 3.63) is 89.5 Å². The number of fused-ring (bicyclic) bond motifs is 3. The Kier molecular flexibility index (Phi) is 7.45. The van der Waals surface area contributed by atoms with Gasteiger partial charge in [-0.3, -0.25) is 4.79 Å². The molecule has 35 heavy (non-hydrogen) atoms. The molecule has 3 aromatic carbocycles. The molecular weight excluding hydrogens is 444 g/mol. The molecule has 0 unspecified atom stereocenters. The maximum absolute atomic E-state index is 12.5. The Balaban J connectivity index is 1.20. The molecule has 0 aromatic heterocycles. The Hall–Kier alpha value is -4.13. The molecule has 1 aliphatic carbocycles. The molecule has 4 rings (SSSR count). The lowest BCUT2D eigenvalue weighted by Crippen LogP contribution is -2.29. The number of hydrogen-bond acceptors (Lipinski definition) is 4. The van der Waals surface area contributed by atoms with Crippen LogP contribution in [0.1, 0.15) is 46.7 Å². The molecule has 0 saturated heterocycles. The van der Waals surface area contributed by atoms with Crippen molar-refractivity contribution in [1.29, 1.82) is 0 Å². The van der Waals surface area contributed by atoms with E-state index in [2.05, 4.69) is 29.6 Å². The van der Waals surface area contributed by atoms with Crippen molar-refractivity contribution in [2.75, 3.05) is 25.1 Å². The minimum Gasteiger partial charge on any atom is -0.478 e. The first-order chi connectivity index (χ1) is 17.0. The fraction of sp³-hybridized carbons (Fsp3) is 0.250. The quantitative estimate of drug-likeness (QED) is 0.425. The van der Waals surface area contributed by atoms with Crippen LogP contribution < -0.4 is 10.2 Å². The number of benzene rings is 3. The first kappa shape index (κ1) is 24.0. The van der Waals surface area contributed by atoms with E-state index in [9.17, 15) is 19.5 Å². The van der Waals surface area contributed by atoms with Gasteiger partial charge in [-0.1, -0.05) is 60.7 Å². The SMILES string of the molecule is CN(C(=O)CCCCNC(=O)OCC1c2ccccc2-c2ccccc21)c1ccccc1C(=O)O. The second-order valence-corrected chi connectivity index (χ2v) is 8.48. The zero-order chi connectivity index (χ0) is 24.8. The summed E-state index contributed by atoms with van der Waals surface area (Å²) in [6.07, 6.45) is 0.925. The topological polar surface area (TPSA) is 95.9 Å². The summed E-state index contributed by atoms with van der Waals surface area (Å²) in [7, 11) is 1.57. The van der Waals surface area contributed by atoms with E-state index in [0.29, 0.717) is 25.1 Å². The van der Waals surface area contributed by atoms with Gasteiger partial charge in [0.05, 0.1) is 11.3 Å². The van der Waals surface area contributed by atoms with Crippen molar-refractivity contribution in [2.45, 2.75) is 25.2 Å². The van der Waals surface area contributed by atoms with Crippen molar-refractivity contribution in [3.8, 4) is 11.1 Å². The number of ether oxygens (including phenoxy) is 1. The minimum absolute atomic E-state index is 0.00925. The lowest BCUT2D eigenvalue weighted by Gasteiger charge is -2.19. The second kappa shape index (κ2) is 10.9. The summed E-state index contributed by atoms with van der Waals surface area (Å²) in [5.41, 5.74) is 5.12. The molecule has 0 atom stereocenters. The van der Waals surface area contributed by atoms with Crippen molar-refractivity contribution >= 4 is 23.7 Å². The molecule has 0 fully saturated rings. The Bertz CT molecular complexity index is 1190. The van der Waals surface area contributed by atoms with Crippen LogP contribution >= 0.6 is 0 Å². The molecule has 7 heteroatoms. The Morgan fingerprint density at radius 3 is 2.14 bits per heavy atom. The Labute approximate surface area is 204 Å². The molecule has 3 aromatic rings. The molecular formula is C28H28N2O5. The molecule has 0 saturated carbocycles. The predicted octanol–water partition coefficient (Wildman–Crippen LogP) is 5.06. The van der Waals surface area contributed by atoms with Gasteiger partial charge in [-0.25, -0.2) is 9.59 Å². The van der Waals surface area contributed by atoms with Crippen molar-refractivity contribution in [1.82, 2.24) is 5.32 Å². The fourth-order valence-corrected chi connectivity index (χ4v) is 4.49. The number of carboxylic acids is 1. The van der Waals surface area contributed by atoms with E-state index in [0.717, 1.165) is 11.1 Å². The molecule has 0 radical (unpaired) electrons. The summed E-state index contributed by atoms with van der Waals surface area (Å²) >= 11 is 0. The van der Waals surface area contributed by atoms with Gasteiger partial charge in [-0.15, -0.1) is 0 Å². The number of hydrogen-bond donors (Lipinski definition) is 2. The molecule has 7 nitrogen and oxygen atoms in total. The largest absolute Gasteiger partial charge is 0.478 e. The van der Waals surface area contributed by atoms with Crippen LogP contribution in [0.2, 0.25) is 0 Å². The summed E-state index contributed by atoms with van der Waals surface area (Å²) in [5.74, 6) is -1.25. The first-order valence-corrected chi connectivity index (χ1v) is 11.6. The monoisotopic (exact) mass is 472 g/mol. The molecule has 1 aliphatic rings. The van der Waals surface area contributed by atoms with E-state index < -0.39 is 12.1 Å². The molecule has 180 valence electrons. The number of carboxylic acid groups (broad SMARTS) is 1. The molecule has 2 N–H and O–H groups in total. The van der Waals surface area contributed by atoms with Crippen LogP contribution in [0.25, 0.3) is 11.1 Å². The Morgan fingerprint density at radius 1 is 0.886 bits per heavy atom. The highest BCUT2D eigenvalue weighted by Crippen LogP contribution is 2.44. The third kappa shape index (κ3) is 5.35. The molecule has 0 heterocycles. The van der Waals surface area contributed by atoms with E-state index in [-0.39, 0.29) is 30.4 Å². The van der Waals surface area contributed by atoms with Crippen molar-refractivity contribution < 1.29 is 24.2 Å². The third-order valence-corrected chi connectivity index (χ3v) is 6.30. The van der Waals surface area contributed by atoms with Gasteiger partial charge in [-0.05, 0) is 47.2 Å². The zero-order valence-electron chi connectivity index (χ0n) is 19.6. The third-order valence-electron chi connectivity index (χ3n) is 6.30. The van der Waals surface area contributed by atoms with Crippen LogP contribution in [0, 0.1) is 0 Å². The number of carbonyl (C=O) groups excluding carboxylic acids is 2. The summed E-state index contributed by atoms with van der Waals surface area (Å²) in [6.45, 7) is 0.644.